The van der Waals surface area contributed by atoms with E-state index in [2.05, 4.69) is 5.32 Å². The van der Waals surface area contributed by atoms with Gasteiger partial charge in [-0.2, -0.15) is 0 Å². The standard InChI is InChI=1S/C26H30ClN3O6S2/c1-18-6-13-24(36-5)25(14-18)38(34,35)30(21-10-7-19(2)23(27)15-21)17-26(31)28-16-20-8-11-22(12-9-20)37(32,33)29(3)4/h6-15H,16-17H2,1-5H3,(H,28,31). The van der Waals surface area contributed by atoms with Crippen molar-refractivity contribution in [1.82, 2.24) is 9.62 Å². The number of amides is 1. The molecule has 0 heterocycles. The van der Waals surface area contributed by atoms with Crippen molar-refractivity contribution >= 4 is 43.2 Å². The van der Waals surface area contributed by atoms with Crippen LogP contribution in [0.3, 0.4) is 0 Å². The Morgan fingerprint density at radius 2 is 1.58 bits per heavy atom. The second-order valence-electron chi connectivity index (χ2n) is 8.81. The van der Waals surface area contributed by atoms with E-state index in [9.17, 15) is 21.6 Å². The van der Waals surface area contributed by atoms with E-state index in [1.165, 1.54) is 45.5 Å². The summed E-state index contributed by atoms with van der Waals surface area (Å²) >= 11 is 6.29. The number of halogens is 1. The fourth-order valence-electron chi connectivity index (χ4n) is 3.53. The predicted molar refractivity (Wildman–Crippen MR) is 148 cm³/mol. The van der Waals surface area contributed by atoms with Gasteiger partial charge in [-0.15, -0.1) is 0 Å². The highest BCUT2D eigenvalue weighted by Crippen LogP contribution is 2.32. The summed E-state index contributed by atoms with van der Waals surface area (Å²) in [6.07, 6.45) is 0. The number of carbonyl (C=O) groups is 1. The Morgan fingerprint density at radius 1 is 0.921 bits per heavy atom. The van der Waals surface area contributed by atoms with Gasteiger partial charge in [0.2, 0.25) is 15.9 Å². The van der Waals surface area contributed by atoms with Gasteiger partial charge in [0, 0.05) is 25.7 Å². The summed E-state index contributed by atoms with van der Waals surface area (Å²) in [5.74, 6) is -0.422. The van der Waals surface area contributed by atoms with E-state index < -0.39 is 32.5 Å². The van der Waals surface area contributed by atoms with Gasteiger partial charge in [-0.1, -0.05) is 35.9 Å². The van der Waals surface area contributed by atoms with Crippen LogP contribution in [-0.4, -0.2) is 54.8 Å². The molecule has 0 bridgehead atoms. The molecule has 0 saturated carbocycles. The van der Waals surface area contributed by atoms with Gasteiger partial charge in [0.25, 0.3) is 10.0 Å². The Labute approximate surface area is 229 Å². The minimum Gasteiger partial charge on any atom is -0.495 e. The van der Waals surface area contributed by atoms with E-state index in [4.69, 9.17) is 16.3 Å². The maximum Gasteiger partial charge on any atom is 0.268 e. The van der Waals surface area contributed by atoms with Crippen LogP contribution in [0.25, 0.3) is 0 Å². The first-order chi connectivity index (χ1) is 17.8. The van der Waals surface area contributed by atoms with Gasteiger partial charge in [0.15, 0.2) is 0 Å². The van der Waals surface area contributed by atoms with Crippen molar-refractivity contribution in [3.63, 3.8) is 0 Å². The predicted octanol–water partition coefficient (Wildman–Crippen LogP) is 3.73. The fourth-order valence-corrected chi connectivity index (χ4v) is 6.27. The van der Waals surface area contributed by atoms with Crippen LogP contribution in [0.15, 0.2) is 70.5 Å². The number of hydrogen-bond donors (Lipinski definition) is 1. The number of benzene rings is 3. The molecule has 0 fully saturated rings. The van der Waals surface area contributed by atoms with Gasteiger partial charge < -0.3 is 10.1 Å². The summed E-state index contributed by atoms with van der Waals surface area (Å²) in [6, 6.07) is 15.6. The number of carbonyl (C=O) groups excluding carboxylic acids is 1. The smallest absolute Gasteiger partial charge is 0.268 e. The molecule has 3 aromatic carbocycles. The van der Waals surface area contributed by atoms with Crippen LogP contribution in [0, 0.1) is 13.8 Å². The summed E-state index contributed by atoms with van der Waals surface area (Å²) in [6.45, 7) is 3.09. The number of hydrogen-bond acceptors (Lipinski definition) is 6. The van der Waals surface area contributed by atoms with E-state index in [1.54, 1.807) is 50.2 Å². The van der Waals surface area contributed by atoms with Crippen molar-refractivity contribution < 1.29 is 26.4 Å². The molecule has 3 aromatic rings. The van der Waals surface area contributed by atoms with Crippen LogP contribution >= 0.6 is 11.6 Å². The number of nitrogens with one attached hydrogen (secondary N) is 1. The molecule has 0 saturated heterocycles. The maximum absolute atomic E-state index is 13.8. The molecular weight excluding hydrogens is 550 g/mol. The zero-order valence-corrected chi connectivity index (χ0v) is 24.1. The van der Waals surface area contributed by atoms with Gasteiger partial charge in [0.05, 0.1) is 17.7 Å². The molecule has 1 N–H and O–H groups in total. The Balaban J connectivity index is 1.89. The molecule has 12 heteroatoms. The molecule has 38 heavy (non-hydrogen) atoms. The molecule has 0 spiro atoms. The molecular formula is C26H30ClN3O6S2. The van der Waals surface area contributed by atoms with Crippen LogP contribution in [0.4, 0.5) is 5.69 Å². The summed E-state index contributed by atoms with van der Waals surface area (Å²) in [5.41, 5.74) is 2.32. The lowest BCUT2D eigenvalue weighted by Crippen LogP contribution is -2.40. The molecule has 0 radical (unpaired) electrons. The van der Waals surface area contributed by atoms with E-state index in [0.29, 0.717) is 16.1 Å². The number of anilines is 1. The second-order valence-corrected chi connectivity index (χ2v) is 13.2. The van der Waals surface area contributed by atoms with Crippen molar-refractivity contribution in [2.45, 2.75) is 30.2 Å². The largest absolute Gasteiger partial charge is 0.495 e. The van der Waals surface area contributed by atoms with Crippen molar-refractivity contribution in [2.75, 3.05) is 32.1 Å². The second kappa shape index (κ2) is 11.7. The molecule has 0 atom stereocenters. The Kier molecular flexibility index (Phi) is 9.09. The molecule has 1 amide bonds. The molecule has 9 nitrogen and oxygen atoms in total. The number of methoxy groups -OCH3 is 1. The first kappa shape index (κ1) is 29.4. The first-order valence-electron chi connectivity index (χ1n) is 11.5. The molecule has 0 aliphatic rings. The van der Waals surface area contributed by atoms with Crippen molar-refractivity contribution in [3.05, 3.63) is 82.4 Å². The number of nitrogens with zero attached hydrogens (tertiary/aromatic N) is 2. The van der Waals surface area contributed by atoms with Crippen LogP contribution in [0.5, 0.6) is 5.75 Å². The number of ether oxygens (including phenoxy) is 1. The first-order valence-corrected chi connectivity index (χ1v) is 14.7. The van der Waals surface area contributed by atoms with Crippen LogP contribution in [0.1, 0.15) is 16.7 Å². The van der Waals surface area contributed by atoms with Crippen molar-refractivity contribution in [2.24, 2.45) is 0 Å². The van der Waals surface area contributed by atoms with Crippen molar-refractivity contribution in [1.29, 1.82) is 0 Å². The highest BCUT2D eigenvalue weighted by molar-refractivity contribution is 7.93. The van der Waals surface area contributed by atoms with E-state index >= 15 is 0 Å². The number of rotatable bonds is 10. The van der Waals surface area contributed by atoms with E-state index in [0.717, 1.165) is 14.2 Å². The minimum absolute atomic E-state index is 0.0669. The van der Waals surface area contributed by atoms with Crippen LogP contribution < -0.4 is 14.4 Å². The minimum atomic E-state index is -4.24. The van der Waals surface area contributed by atoms with E-state index in [-0.39, 0.29) is 27.8 Å². The lowest BCUT2D eigenvalue weighted by molar-refractivity contribution is -0.119. The molecule has 0 unspecified atom stereocenters. The van der Waals surface area contributed by atoms with Gasteiger partial charge in [-0.05, 0) is 66.9 Å². The molecule has 0 aliphatic heterocycles. The Hall–Kier alpha value is -3.12. The normalized spacial score (nSPS) is 11.9. The summed E-state index contributed by atoms with van der Waals surface area (Å²) in [7, 11) is -3.56. The summed E-state index contributed by atoms with van der Waals surface area (Å²) < 4.78 is 59.6. The zero-order chi connectivity index (χ0) is 28.3. The van der Waals surface area contributed by atoms with Crippen LogP contribution in [0.2, 0.25) is 5.02 Å². The summed E-state index contributed by atoms with van der Waals surface area (Å²) in [5, 5.41) is 3.05. The van der Waals surface area contributed by atoms with E-state index in [1.807, 2.05) is 0 Å². The quantitative estimate of drug-likeness (QED) is 0.392. The monoisotopic (exact) mass is 579 g/mol. The average Bonchev–Trinajstić information content (AvgIpc) is 2.87. The highest BCUT2D eigenvalue weighted by atomic mass is 35.5. The number of aryl methyl sites for hydroxylation is 2. The molecule has 0 aromatic heterocycles. The Morgan fingerprint density at radius 3 is 2.16 bits per heavy atom. The van der Waals surface area contributed by atoms with Gasteiger partial charge in [0.1, 0.15) is 17.2 Å². The van der Waals surface area contributed by atoms with Gasteiger partial charge in [-0.25, -0.2) is 21.1 Å². The molecule has 204 valence electrons. The summed E-state index contributed by atoms with van der Waals surface area (Å²) in [4.78, 5) is 13.0. The van der Waals surface area contributed by atoms with Crippen molar-refractivity contribution in [3.8, 4) is 5.75 Å². The lowest BCUT2D eigenvalue weighted by atomic mass is 10.2. The lowest BCUT2D eigenvalue weighted by Gasteiger charge is -2.25. The highest BCUT2D eigenvalue weighted by Gasteiger charge is 2.30. The third kappa shape index (κ3) is 6.47. The topological polar surface area (TPSA) is 113 Å². The maximum atomic E-state index is 13.8. The Bertz CT molecular complexity index is 1540. The fraction of sp³-hybridized carbons (Fsp3) is 0.269. The van der Waals surface area contributed by atoms with Crippen LogP contribution in [-0.2, 0) is 31.4 Å². The van der Waals surface area contributed by atoms with Gasteiger partial charge in [-0.3, -0.25) is 9.10 Å². The number of sulfonamides is 2. The molecule has 0 aliphatic carbocycles. The van der Waals surface area contributed by atoms with Gasteiger partial charge >= 0.3 is 0 Å². The third-order valence-electron chi connectivity index (χ3n) is 5.81. The SMILES string of the molecule is COc1ccc(C)cc1S(=O)(=O)N(CC(=O)NCc1ccc(S(=O)(=O)N(C)C)cc1)c1ccc(C)c(Cl)c1. The zero-order valence-electron chi connectivity index (χ0n) is 21.7. The average molecular weight is 580 g/mol. The molecule has 3 rings (SSSR count). The third-order valence-corrected chi connectivity index (χ3v) is 9.84.